The molecule has 3 amide bonds. The van der Waals surface area contributed by atoms with E-state index in [4.69, 9.17) is 16.3 Å². The fourth-order valence-electron chi connectivity index (χ4n) is 5.16. The molecule has 3 aliphatic heterocycles. The number of rotatable bonds is 5. The largest absolute Gasteiger partial charge is 0.383 e. The van der Waals surface area contributed by atoms with Crippen molar-refractivity contribution >= 4 is 35.0 Å². The van der Waals surface area contributed by atoms with Crippen LogP contribution in [0.4, 0.5) is 5.69 Å². The van der Waals surface area contributed by atoms with Crippen molar-refractivity contribution in [1.82, 2.24) is 4.90 Å². The molecule has 0 bridgehead atoms. The van der Waals surface area contributed by atoms with E-state index in [2.05, 4.69) is 19.2 Å². The number of methoxy groups -OCH3 is 1. The first-order valence-corrected chi connectivity index (χ1v) is 10.0. The van der Waals surface area contributed by atoms with Crippen molar-refractivity contribution in [1.29, 1.82) is 0 Å². The summed E-state index contributed by atoms with van der Waals surface area (Å²) in [5.74, 6) is -1.67. The quantitative estimate of drug-likeness (QED) is 0.705. The Labute approximate surface area is 168 Å². The summed E-state index contributed by atoms with van der Waals surface area (Å²) < 4.78 is 5.07. The molecule has 2 fully saturated rings. The first kappa shape index (κ1) is 19.4. The predicted octanol–water partition coefficient (Wildman–Crippen LogP) is 0.727. The predicted molar refractivity (Wildman–Crippen MR) is 103 cm³/mol. The lowest BCUT2D eigenvalue weighted by Gasteiger charge is -2.26. The smallest absolute Gasteiger partial charge is 0.291 e. The number of fused-ring (bicyclic) bond motifs is 4. The van der Waals surface area contributed by atoms with Crippen LogP contribution in [0.2, 0.25) is 5.02 Å². The van der Waals surface area contributed by atoms with Crippen LogP contribution in [0.15, 0.2) is 18.2 Å². The zero-order valence-electron chi connectivity index (χ0n) is 16.2. The van der Waals surface area contributed by atoms with Crippen LogP contribution in [0, 0.1) is 17.8 Å². The summed E-state index contributed by atoms with van der Waals surface area (Å²) in [7, 11) is 1.53. The Morgan fingerprint density at radius 3 is 2.71 bits per heavy atom. The first-order valence-electron chi connectivity index (χ1n) is 9.63. The van der Waals surface area contributed by atoms with Crippen LogP contribution < -0.4 is 10.6 Å². The normalized spacial score (nSPS) is 31.1. The van der Waals surface area contributed by atoms with Crippen LogP contribution in [0.5, 0.6) is 0 Å². The SMILES string of the molecule is COCCN1C(=O)[C@H]2[C@@H](C1=O)[C@@]1([NH2+][C@@H]2CC(C)C)C(=O)Nc2ccc(Cl)cc21. The highest BCUT2D eigenvalue weighted by Gasteiger charge is 2.74. The molecule has 3 N–H and O–H groups in total. The number of nitrogens with one attached hydrogen (secondary N) is 1. The Balaban J connectivity index is 1.84. The topological polar surface area (TPSA) is 92.3 Å². The monoisotopic (exact) mass is 406 g/mol. The average Bonchev–Trinajstić information content (AvgIpc) is 3.19. The first-order chi connectivity index (χ1) is 13.3. The van der Waals surface area contributed by atoms with Gasteiger partial charge in [-0.05, 0) is 24.1 Å². The van der Waals surface area contributed by atoms with Gasteiger partial charge in [0.15, 0.2) is 0 Å². The van der Waals surface area contributed by atoms with E-state index < -0.39 is 17.4 Å². The standard InChI is InChI=1S/C20H24ClN3O4/c1-10(2)8-14-15-16(18(26)24(17(15)25)6-7-28-3)20(23-14)12-9-11(21)4-5-13(12)22-19(20)27/h4-5,9-10,14-16,23H,6-8H2,1-3H3,(H,22,27)/p+1/t14-,15-,16+,20-/m1/s1. The fourth-order valence-corrected chi connectivity index (χ4v) is 5.33. The van der Waals surface area contributed by atoms with Gasteiger partial charge in [-0.15, -0.1) is 0 Å². The number of halogens is 1. The minimum atomic E-state index is -1.15. The number of quaternary nitrogens is 1. The third-order valence-electron chi connectivity index (χ3n) is 6.18. The molecule has 0 aromatic heterocycles. The second-order valence-electron chi connectivity index (χ2n) is 8.30. The van der Waals surface area contributed by atoms with Crippen molar-refractivity contribution in [2.75, 3.05) is 25.6 Å². The number of benzene rings is 1. The molecule has 3 heterocycles. The van der Waals surface area contributed by atoms with Crippen molar-refractivity contribution in [3.63, 3.8) is 0 Å². The number of hydrogen-bond acceptors (Lipinski definition) is 4. The molecule has 28 heavy (non-hydrogen) atoms. The highest BCUT2D eigenvalue weighted by Crippen LogP contribution is 2.50. The van der Waals surface area contributed by atoms with Crippen molar-refractivity contribution in [3.8, 4) is 0 Å². The van der Waals surface area contributed by atoms with Gasteiger partial charge in [-0.25, -0.2) is 0 Å². The summed E-state index contributed by atoms with van der Waals surface area (Å²) in [6.07, 6.45) is 0.739. The second-order valence-corrected chi connectivity index (χ2v) is 8.73. The molecule has 150 valence electrons. The van der Waals surface area contributed by atoms with E-state index in [1.165, 1.54) is 12.0 Å². The number of nitrogens with zero attached hydrogens (tertiary/aromatic N) is 1. The molecule has 4 atom stereocenters. The lowest BCUT2D eigenvalue weighted by molar-refractivity contribution is -0.734. The third-order valence-corrected chi connectivity index (χ3v) is 6.42. The Hall–Kier alpha value is -1.96. The highest BCUT2D eigenvalue weighted by atomic mass is 35.5. The molecule has 1 aromatic carbocycles. The number of carbonyl (C=O) groups excluding carboxylic acids is 3. The van der Waals surface area contributed by atoms with E-state index in [1.54, 1.807) is 18.2 Å². The van der Waals surface area contributed by atoms with Gasteiger partial charge in [-0.1, -0.05) is 25.4 Å². The Morgan fingerprint density at radius 1 is 1.29 bits per heavy atom. The van der Waals surface area contributed by atoms with Gasteiger partial charge in [-0.3, -0.25) is 19.3 Å². The Kier molecular flexibility index (Phi) is 4.72. The van der Waals surface area contributed by atoms with Gasteiger partial charge in [0.05, 0.1) is 18.8 Å². The van der Waals surface area contributed by atoms with E-state index in [0.29, 0.717) is 22.2 Å². The molecular weight excluding hydrogens is 382 g/mol. The van der Waals surface area contributed by atoms with Gasteiger partial charge in [-0.2, -0.15) is 0 Å². The molecule has 0 radical (unpaired) electrons. The number of ether oxygens (including phenoxy) is 1. The number of likely N-dealkylation sites (tertiary alicyclic amines) is 1. The van der Waals surface area contributed by atoms with Gasteiger partial charge in [0, 0.05) is 24.1 Å². The maximum absolute atomic E-state index is 13.4. The van der Waals surface area contributed by atoms with E-state index >= 15 is 0 Å². The maximum Gasteiger partial charge on any atom is 0.291 e. The summed E-state index contributed by atoms with van der Waals surface area (Å²) in [4.78, 5) is 41.0. The average molecular weight is 407 g/mol. The Bertz CT molecular complexity index is 858. The summed E-state index contributed by atoms with van der Waals surface area (Å²) in [5, 5.41) is 5.35. The zero-order valence-corrected chi connectivity index (χ0v) is 17.0. The number of amides is 3. The fraction of sp³-hybridized carbons (Fsp3) is 0.550. The number of imide groups is 1. The molecule has 8 heteroatoms. The molecule has 1 spiro atoms. The molecule has 0 saturated carbocycles. The molecule has 3 aliphatic rings. The zero-order chi connectivity index (χ0) is 20.2. The molecule has 2 saturated heterocycles. The van der Waals surface area contributed by atoms with Crippen molar-refractivity contribution in [3.05, 3.63) is 28.8 Å². The van der Waals surface area contributed by atoms with E-state index in [9.17, 15) is 14.4 Å². The van der Waals surface area contributed by atoms with Crippen LogP contribution in [0.1, 0.15) is 25.8 Å². The van der Waals surface area contributed by atoms with Gasteiger partial charge in [0.2, 0.25) is 17.4 Å². The summed E-state index contributed by atoms with van der Waals surface area (Å²) in [6.45, 7) is 4.64. The van der Waals surface area contributed by atoms with Crippen LogP contribution in [-0.2, 0) is 24.7 Å². The highest BCUT2D eigenvalue weighted by molar-refractivity contribution is 6.31. The van der Waals surface area contributed by atoms with Gasteiger partial charge in [0.25, 0.3) is 5.91 Å². The molecule has 1 aromatic rings. The van der Waals surface area contributed by atoms with Gasteiger partial charge >= 0.3 is 0 Å². The number of nitrogens with two attached hydrogens (primary N) is 1. The maximum atomic E-state index is 13.4. The van der Waals surface area contributed by atoms with Crippen LogP contribution >= 0.6 is 11.6 Å². The molecule has 0 aliphatic carbocycles. The minimum Gasteiger partial charge on any atom is -0.383 e. The third kappa shape index (κ3) is 2.60. The molecule has 7 nitrogen and oxygen atoms in total. The van der Waals surface area contributed by atoms with Crippen LogP contribution in [0.3, 0.4) is 0 Å². The number of anilines is 1. The van der Waals surface area contributed by atoms with E-state index in [1.807, 2.05) is 5.32 Å². The lowest BCUT2D eigenvalue weighted by Crippen LogP contribution is -2.99. The van der Waals surface area contributed by atoms with Crippen molar-refractivity contribution in [2.45, 2.75) is 31.8 Å². The van der Waals surface area contributed by atoms with Crippen LogP contribution in [-0.4, -0.2) is 48.9 Å². The number of hydrogen-bond donors (Lipinski definition) is 2. The van der Waals surface area contributed by atoms with Crippen LogP contribution in [0.25, 0.3) is 0 Å². The van der Waals surface area contributed by atoms with E-state index in [0.717, 1.165) is 6.42 Å². The number of carbonyl (C=O) groups is 3. The second kappa shape index (κ2) is 6.83. The minimum absolute atomic E-state index is 0.148. The van der Waals surface area contributed by atoms with Gasteiger partial charge < -0.3 is 15.4 Å². The van der Waals surface area contributed by atoms with Gasteiger partial charge in [0.1, 0.15) is 17.9 Å². The molecule has 4 rings (SSSR count). The van der Waals surface area contributed by atoms with E-state index in [-0.39, 0.29) is 36.9 Å². The summed E-state index contributed by atoms with van der Waals surface area (Å²) in [5.41, 5.74) is 0.199. The van der Waals surface area contributed by atoms with Crippen molar-refractivity contribution < 1.29 is 24.4 Å². The molecule has 0 unspecified atom stereocenters. The van der Waals surface area contributed by atoms with Crippen molar-refractivity contribution in [2.24, 2.45) is 17.8 Å². The summed E-state index contributed by atoms with van der Waals surface area (Å²) in [6, 6.07) is 5.07. The summed E-state index contributed by atoms with van der Waals surface area (Å²) >= 11 is 6.23. The molecular formula is C20H25ClN3O4+. The lowest BCUT2D eigenvalue weighted by atomic mass is 9.76. The Morgan fingerprint density at radius 2 is 2.04 bits per heavy atom.